The van der Waals surface area contributed by atoms with Gasteiger partial charge in [-0.05, 0) is 23.3 Å². The van der Waals surface area contributed by atoms with Gasteiger partial charge in [0.25, 0.3) is 5.91 Å². The first kappa shape index (κ1) is 18.2. The van der Waals surface area contributed by atoms with Crippen LogP contribution in [0.2, 0.25) is 19.6 Å². The number of hydrogen-bond acceptors (Lipinski definition) is 3. The average Bonchev–Trinajstić information content (AvgIpc) is 2.84. The Labute approximate surface area is 155 Å². The SMILES string of the molecule is COc1ccc(C2(c3ccccc3)C(=O)N(C)C(=O)N2[Si](C)(C)C)cc1. The molecular weight excluding hydrogens is 344 g/mol. The molecule has 1 aliphatic heterocycles. The Morgan fingerprint density at radius 2 is 1.42 bits per heavy atom. The second-order valence-corrected chi connectivity index (χ2v) is 12.2. The van der Waals surface area contributed by atoms with E-state index in [1.165, 1.54) is 4.90 Å². The fourth-order valence-corrected chi connectivity index (χ4v) is 5.78. The second kappa shape index (κ2) is 6.28. The number of carbonyl (C=O) groups excluding carboxylic acids is 2. The van der Waals surface area contributed by atoms with Crippen molar-refractivity contribution in [3.05, 3.63) is 65.7 Å². The number of carbonyl (C=O) groups is 2. The normalized spacial score (nSPS) is 20.7. The molecule has 0 aromatic heterocycles. The van der Waals surface area contributed by atoms with E-state index in [1.54, 1.807) is 14.2 Å². The van der Waals surface area contributed by atoms with Crippen LogP contribution < -0.4 is 4.74 Å². The summed E-state index contributed by atoms with van der Waals surface area (Å²) in [5.74, 6) is 0.489. The van der Waals surface area contributed by atoms with Gasteiger partial charge in [-0.2, -0.15) is 0 Å². The fraction of sp³-hybridized carbons (Fsp3) is 0.300. The highest BCUT2D eigenvalue weighted by atomic mass is 28.3. The van der Waals surface area contributed by atoms with Crippen LogP contribution in [0.15, 0.2) is 54.6 Å². The monoisotopic (exact) mass is 368 g/mol. The number of hydrogen-bond donors (Lipinski definition) is 0. The summed E-state index contributed by atoms with van der Waals surface area (Å²) in [5.41, 5.74) is 0.425. The fourth-order valence-electron chi connectivity index (χ4n) is 3.69. The molecule has 1 aliphatic rings. The summed E-state index contributed by atoms with van der Waals surface area (Å²) in [4.78, 5) is 27.8. The van der Waals surface area contributed by atoms with Crippen LogP contribution in [0.5, 0.6) is 5.75 Å². The van der Waals surface area contributed by atoms with E-state index in [0.717, 1.165) is 11.1 Å². The van der Waals surface area contributed by atoms with Gasteiger partial charge in [0.05, 0.1) is 7.11 Å². The van der Waals surface area contributed by atoms with Crippen LogP contribution >= 0.6 is 0 Å². The number of ether oxygens (including phenoxy) is 1. The first-order valence-corrected chi connectivity index (χ1v) is 12.0. The highest BCUT2D eigenvalue weighted by molar-refractivity contribution is 6.76. The maximum atomic E-state index is 13.5. The first-order valence-electron chi connectivity index (χ1n) is 8.57. The number of methoxy groups -OCH3 is 1. The highest BCUT2D eigenvalue weighted by Crippen LogP contribution is 2.45. The number of urea groups is 1. The van der Waals surface area contributed by atoms with E-state index in [-0.39, 0.29) is 11.9 Å². The molecule has 6 heteroatoms. The summed E-state index contributed by atoms with van der Waals surface area (Å²) < 4.78 is 7.09. The minimum atomic E-state index is -2.20. The summed E-state index contributed by atoms with van der Waals surface area (Å²) in [6.45, 7) is 6.25. The van der Waals surface area contributed by atoms with Gasteiger partial charge in [0.15, 0.2) is 13.8 Å². The van der Waals surface area contributed by atoms with Crippen molar-refractivity contribution in [2.24, 2.45) is 0 Å². The molecule has 1 atom stereocenters. The maximum absolute atomic E-state index is 13.5. The third-order valence-corrected chi connectivity index (χ3v) is 6.67. The van der Waals surface area contributed by atoms with Crippen molar-refractivity contribution in [2.75, 3.05) is 14.2 Å². The van der Waals surface area contributed by atoms with E-state index in [4.69, 9.17) is 4.74 Å². The Hall–Kier alpha value is -2.60. The molecular formula is C20H24N2O3Si. The zero-order chi connectivity index (χ0) is 19.1. The third kappa shape index (κ3) is 2.52. The van der Waals surface area contributed by atoms with Crippen LogP contribution in [0.4, 0.5) is 4.79 Å². The number of likely N-dealkylation sites (N-methyl/N-ethyl adjacent to an activating group) is 1. The van der Waals surface area contributed by atoms with Gasteiger partial charge in [-0.25, -0.2) is 4.79 Å². The van der Waals surface area contributed by atoms with E-state index in [2.05, 4.69) is 19.6 Å². The smallest absolute Gasteiger partial charge is 0.319 e. The lowest BCUT2D eigenvalue weighted by Gasteiger charge is -2.43. The molecule has 5 nitrogen and oxygen atoms in total. The van der Waals surface area contributed by atoms with E-state index >= 15 is 0 Å². The van der Waals surface area contributed by atoms with Crippen molar-refractivity contribution in [3.8, 4) is 5.75 Å². The third-order valence-electron chi connectivity index (χ3n) is 4.80. The van der Waals surface area contributed by atoms with Gasteiger partial charge in [0.2, 0.25) is 0 Å². The summed E-state index contributed by atoms with van der Waals surface area (Å²) >= 11 is 0. The van der Waals surface area contributed by atoms with Crippen LogP contribution in [-0.2, 0) is 10.3 Å². The van der Waals surface area contributed by atoms with Crippen molar-refractivity contribution in [2.45, 2.75) is 25.2 Å². The van der Waals surface area contributed by atoms with Gasteiger partial charge < -0.3 is 9.30 Å². The van der Waals surface area contributed by atoms with Gasteiger partial charge in [-0.15, -0.1) is 0 Å². The van der Waals surface area contributed by atoms with Gasteiger partial charge in [0, 0.05) is 7.05 Å². The molecule has 0 aliphatic carbocycles. The zero-order valence-electron chi connectivity index (χ0n) is 15.8. The Bertz CT molecular complexity index is 830. The van der Waals surface area contributed by atoms with Crippen molar-refractivity contribution in [3.63, 3.8) is 0 Å². The predicted octanol–water partition coefficient (Wildman–Crippen LogP) is 3.67. The lowest BCUT2D eigenvalue weighted by atomic mass is 9.82. The number of amides is 3. The van der Waals surface area contributed by atoms with Crippen LogP contribution in [0.25, 0.3) is 0 Å². The van der Waals surface area contributed by atoms with E-state index < -0.39 is 13.8 Å². The molecule has 0 saturated carbocycles. The van der Waals surface area contributed by atoms with E-state index in [9.17, 15) is 9.59 Å². The lowest BCUT2D eigenvalue weighted by Crippen LogP contribution is -2.58. The minimum absolute atomic E-state index is 0.221. The number of rotatable bonds is 4. The summed E-state index contributed by atoms with van der Waals surface area (Å²) in [6, 6.07) is 16.7. The minimum Gasteiger partial charge on any atom is -0.497 e. The standard InChI is InChI=1S/C20H24N2O3Si/c1-21-18(23)20(15-9-7-6-8-10-15,22(19(21)24)26(3,4)5)16-11-13-17(25-2)14-12-16/h6-14H,1-5H3. The Morgan fingerprint density at radius 3 is 1.92 bits per heavy atom. The second-order valence-electron chi connectivity index (χ2n) is 7.46. The van der Waals surface area contributed by atoms with Crippen molar-refractivity contribution in [1.29, 1.82) is 0 Å². The van der Waals surface area contributed by atoms with Gasteiger partial charge >= 0.3 is 6.03 Å². The molecule has 26 heavy (non-hydrogen) atoms. The van der Waals surface area contributed by atoms with Gasteiger partial charge in [-0.1, -0.05) is 62.1 Å². The molecule has 136 valence electrons. The largest absolute Gasteiger partial charge is 0.497 e. The molecule has 1 heterocycles. The molecule has 0 radical (unpaired) electrons. The van der Waals surface area contributed by atoms with E-state index in [1.807, 2.05) is 59.2 Å². The number of benzene rings is 2. The summed E-state index contributed by atoms with van der Waals surface area (Å²) in [5, 5.41) is 0. The number of nitrogens with zero attached hydrogens (tertiary/aromatic N) is 2. The highest BCUT2D eigenvalue weighted by Gasteiger charge is 2.61. The van der Waals surface area contributed by atoms with Crippen LogP contribution in [0.1, 0.15) is 11.1 Å². The van der Waals surface area contributed by atoms with Gasteiger partial charge in [-0.3, -0.25) is 9.69 Å². The Morgan fingerprint density at radius 1 is 0.885 bits per heavy atom. The van der Waals surface area contributed by atoms with Gasteiger partial charge in [0.1, 0.15) is 5.75 Å². The molecule has 3 rings (SSSR count). The Kier molecular flexibility index (Phi) is 4.40. The summed E-state index contributed by atoms with van der Waals surface area (Å²) in [6.07, 6.45) is 0. The molecule has 0 spiro atoms. The molecule has 1 unspecified atom stereocenters. The van der Waals surface area contributed by atoms with Crippen LogP contribution in [0.3, 0.4) is 0 Å². The van der Waals surface area contributed by atoms with Crippen molar-refractivity contribution >= 4 is 20.2 Å². The lowest BCUT2D eigenvalue weighted by molar-refractivity contribution is -0.130. The topological polar surface area (TPSA) is 49.9 Å². The van der Waals surface area contributed by atoms with E-state index in [0.29, 0.717) is 5.75 Å². The average molecular weight is 369 g/mol. The molecule has 2 aromatic carbocycles. The molecule has 0 N–H and O–H groups in total. The molecule has 1 fully saturated rings. The summed E-state index contributed by atoms with van der Waals surface area (Å²) in [7, 11) is 0.963. The molecule has 1 saturated heterocycles. The number of imide groups is 1. The zero-order valence-corrected chi connectivity index (χ0v) is 16.8. The molecule has 3 amide bonds. The molecule has 0 bridgehead atoms. The van der Waals surface area contributed by atoms with Crippen LogP contribution in [-0.4, -0.2) is 43.8 Å². The maximum Gasteiger partial charge on any atom is 0.319 e. The van der Waals surface area contributed by atoms with Crippen LogP contribution in [0, 0.1) is 0 Å². The first-order chi connectivity index (χ1) is 12.2. The van der Waals surface area contributed by atoms with Crippen molar-refractivity contribution in [1.82, 2.24) is 9.47 Å². The quantitative estimate of drug-likeness (QED) is 0.611. The predicted molar refractivity (Wildman–Crippen MR) is 104 cm³/mol. The molecule has 2 aromatic rings. The van der Waals surface area contributed by atoms with Crippen molar-refractivity contribution < 1.29 is 14.3 Å². The Balaban J connectivity index is 2.36.